The number of amides is 1. The van der Waals surface area contributed by atoms with E-state index in [9.17, 15) is 18.0 Å². The van der Waals surface area contributed by atoms with Crippen LogP contribution < -0.4 is 5.32 Å². The van der Waals surface area contributed by atoms with Crippen molar-refractivity contribution < 1.29 is 18.0 Å². The Balaban J connectivity index is 2.15. The molecule has 0 saturated heterocycles. The van der Waals surface area contributed by atoms with Gasteiger partial charge in [0.25, 0.3) is 0 Å². The third-order valence-corrected chi connectivity index (χ3v) is 3.51. The average molecular weight is 348 g/mol. The molecule has 0 bridgehead atoms. The first kappa shape index (κ1) is 16.6. The largest absolute Gasteiger partial charge is 0.416 e. The van der Waals surface area contributed by atoms with E-state index in [0.717, 1.165) is 12.1 Å². The summed E-state index contributed by atoms with van der Waals surface area (Å²) in [5.41, 5.74) is -0.370. The quantitative estimate of drug-likeness (QED) is 0.752. The number of benzene rings is 2. The number of carbonyl (C=O) groups excluding carboxylic acids is 1. The Hall–Kier alpha value is -1.72. The molecule has 0 heterocycles. The van der Waals surface area contributed by atoms with Gasteiger partial charge in [0, 0.05) is 10.7 Å². The third kappa shape index (κ3) is 4.15. The lowest BCUT2D eigenvalue weighted by Gasteiger charge is -2.13. The molecule has 7 heteroatoms. The molecule has 1 amide bonds. The summed E-state index contributed by atoms with van der Waals surface area (Å²) in [4.78, 5) is 12.0. The van der Waals surface area contributed by atoms with Crippen LogP contribution in [0, 0.1) is 0 Å². The molecule has 2 aromatic carbocycles. The molecule has 22 heavy (non-hydrogen) atoms. The normalized spacial score (nSPS) is 12.8. The number of nitrogens with one attached hydrogen (secondary N) is 1. The van der Waals surface area contributed by atoms with E-state index < -0.39 is 23.0 Å². The fourth-order valence-corrected chi connectivity index (χ4v) is 2.18. The second-order valence-electron chi connectivity index (χ2n) is 4.49. The van der Waals surface area contributed by atoms with Crippen LogP contribution in [-0.4, -0.2) is 5.91 Å². The van der Waals surface area contributed by atoms with Crippen LogP contribution in [-0.2, 0) is 11.0 Å². The number of rotatable bonds is 3. The molecule has 0 saturated carbocycles. The number of hydrogen-bond donors (Lipinski definition) is 1. The second-order valence-corrected chi connectivity index (χ2v) is 5.36. The summed E-state index contributed by atoms with van der Waals surface area (Å²) in [5, 5.41) is 1.71. The van der Waals surface area contributed by atoms with Gasteiger partial charge in [-0.3, -0.25) is 4.79 Å². The highest BCUT2D eigenvalue weighted by molar-refractivity contribution is 6.33. The molecule has 0 aliphatic heterocycles. The van der Waals surface area contributed by atoms with Crippen molar-refractivity contribution in [3.05, 3.63) is 64.7 Å². The Bertz CT molecular complexity index is 688. The number of carbonyl (C=O) groups is 1. The van der Waals surface area contributed by atoms with E-state index in [-0.39, 0.29) is 5.69 Å². The maximum absolute atomic E-state index is 12.6. The van der Waals surface area contributed by atoms with Crippen molar-refractivity contribution in [3.8, 4) is 0 Å². The molecule has 2 rings (SSSR count). The van der Waals surface area contributed by atoms with Gasteiger partial charge in [0.2, 0.25) is 5.91 Å². The number of hydrogen-bond acceptors (Lipinski definition) is 1. The Morgan fingerprint density at radius 3 is 2.41 bits per heavy atom. The van der Waals surface area contributed by atoms with E-state index in [2.05, 4.69) is 5.32 Å². The smallest absolute Gasteiger partial charge is 0.324 e. The van der Waals surface area contributed by atoms with Gasteiger partial charge in [-0.15, -0.1) is 11.6 Å². The number of alkyl halides is 4. The van der Waals surface area contributed by atoms with E-state index in [1.165, 1.54) is 18.2 Å². The first-order valence-electron chi connectivity index (χ1n) is 6.15. The highest BCUT2D eigenvalue weighted by Gasteiger charge is 2.30. The van der Waals surface area contributed by atoms with Gasteiger partial charge in [0.05, 0.1) is 5.56 Å². The molecule has 0 radical (unpaired) electrons. The lowest BCUT2D eigenvalue weighted by atomic mass is 10.1. The van der Waals surface area contributed by atoms with Crippen molar-refractivity contribution >= 4 is 34.8 Å². The molecule has 0 spiro atoms. The van der Waals surface area contributed by atoms with Gasteiger partial charge < -0.3 is 5.32 Å². The molecule has 1 N–H and O–H groups in total. The molecule has 2 aromatic rings. The van der Waals surface area contributed by atoms with Crippen LogP contribution in [0.4, 0.5) is 18.9 Å². The van der Waals surface area contributed by atoms with E-state index in [4.69, 9.17) is 23.2 Å². The van der Waals surface area contributed by atoms with Crippen molar-refractivity contribution in [2.45, 2.75) is 11.6 Å². The number of anilines is 1. The monoisotopic (exact) mass is 347 g/mol. The SMILES string of the molecule is O=C(Nc1cccc(C(F)(F)F)c1)C(Cl)c1cccc(Cl)c1. The summed E-state index contributed by atoms with van der Waals surface area (Å²) in [5.74, 6) is -0.636. The number of halogens is 5. The van der Waals surface area contributed by atoms with Gasteiger partial charge in [0.1, 0.15) is 5.38 Å². The predicted molar refractivity (Wildman–Crippen MR) is 80.1 cm³/mol. The van der Waals surface area contributed by atoms with E-state index in [1.807, 2.05) is 0 Å². The van der Waals surface area contributed by atoms with Crippen molar-refractivity contribution in [1.82, 2.24) is 0 Å². The van der Waals surface area contributed by atoms with Crippen molar-refractivity contribution in [3.63, 3.8) is 0 Å². The molecule has 0 aliphatic rings. The van der Waals surface area contributed by atoms with E-state index in [1.54, 1.807) is 18.2 Å². The topological polar surface area (TPSA) is 29.1 Å². The lowest BCUT2D eigenvalue weighted by molar-refractivity contribution is -0.137. The molecule has 0 aliphatic carbocycles. The fraction of sp³-hybridized carbons (Fsp3) is 0.133. The molecule has 1 unspecified atom stereocenters. The first-order valence-corrected chi connectivity index (χ1v) is 6.96. The maximum Gasteiger partial charge on any atom is 0.416 e. The zero-order valence-corrected chi connectivity index (χ0v) is 12.5. The van der Waals surface area contributed by atoms with Crippen LogP contribution in [0.3, 0.4) is 0 Å². The summed E-state index contributed by atoms with van der Waals surface area (Å²) >= 11 is 11.8. The van der Waals surface area contributed by atoms with E-state index >= 15 is 0 Å². The molecule has 1 atom stereocenters. The van der Waals surface area contributed by atoms with Crippen LogP contribution in [0.2, 0.25) is 5.02 Å². The highest BCUT2D eigenvalue weighted by atomic mass is 35.5. The van der Waals surface area contributed by atoms with Crippen LogP contribution in [0.15, 0.2) is 48.5 Å². The predicted octanol–water partition coefficient (Wildman–Crippen LogP) is 5.28. The minimum Gasteiger partial charge on any atom is -0.324 e. The minimum atomic E-state index is -4.48. The summed E-state index contributed by atoms with van der Waals surface area (Å²) in [6.45, 7) is 0. The molecule has 0 aromatic heterocycles. The van der Waals surface area contributed by atoms with Gasteiger partial charge in [-0.05, 0) is 35.9 Å². The van der Waals surface area contributed by atoms with Crippen LogP contribution in [0.5, 0.6) is 0 Å². The molecular weight excluding hydrogens is 338 g/mol. The van der Waals surface area contributed by atoms with Crippen LogP contribution in [0.1, 0.15) is 16.5 Å². The van der Waals surface area contributed by atoms with Gasteiger partial charge in [0.15, 0.2) is 0 Å². The van der Waals surface area contributed by atoms with Crippen molar-refractivity contribution in [2.24, 2.45) is 0 Å². The lowest BCUT2D eigenvalue weighted by Crippen LogP contribution is -2.17. The summed E-state index contributed by atoms with van der Waals surface area (Å²) in [6, 6.07) is 10.7. The molecule has 116 valence electrons. The Morgan fingerprint density at radius 1 is 1.09 bits per heavy atom. The zero-order valence-electron chi connectivity index (χ0n) is 11.0. The Kier molecular flexibility index (Phi) is 4.98. The zero-order chi connectivity index (χ0) is 16.3. The second kappa shape index (κ2) is 6.58. The molecule has 2 nitrogen and oxygen atoms in total. The van der Waals surface area contributed by atoms with Gasteiger partial charge in [-0.1, -0.05) is 29.8 Å². The Labute approximate surface area is 134 Å². The van der Waals surface area contributed by atoms with E-state index in [0.29, 0.717) is 10.6 Å². The van der Waals surface area contributed by atoms with Crippen LogP contribution in [0.25, 0.3) is 0 Å². The van der Waals surface area contributed by atoms with Crippen molar-refractivity contribution in [1.29, 1.82) is 0 Å². The summed E-state index contributed by atoms with van der Waals surface area (Å²) in [6.07, 6.45) is -4.48. The Morgan fingerprint density at radius 2 is 1.77 bits per heavy atom. The first-order chi connectivity index (χ1) is 10.3. The maximum atomic E-state index is 12.6. The third-order valence-electron chi connectivity index (χ3n) is 2.83. The van der Waals surface area contributed by atoms with Crippen molar-refractivity contribution in [2.75, 3.05) is 5.32 Å². The molecular formula is C15H10Cl2F3NO. The minimum absolute atomic E-state index is 0.0208. The van der Waals surface area contributed by atoms with Crippen LogP contribution >= 0.6 is 23.2 Å². The highest BCUT2D eigenvalue weighted by Crippen LogP contribution is 2.31. The standard InChI is InChI=1S/C15H10Cl2F3NO/c16-11-5-1-3-9(7-11)13(17)14(22)21-12-6-2-4-10(8-12)15(18,19)20/h1-8,13H,(H,21,22). The van der Waals surface area contributed by atoms with Gasteiger partial charge in [-0.25, -0.2) is 0 Å². The summed E-state index contributed by atoms with van der Waals surface area (Å²) in [7, 11) is 0. The molecule has 0 fully saturated rings. The van der Waals surface area contributed by atoms with Gasteiger partial charge >= 0.3 is 6.18 Å². The average Bonchev–Trinajstić information content (AvgIpc) is 2.46. The van der Waals surface area contributed by atoms with Gasteiger partial charge in [-0.2, -0.15) is 13.2 Å². The fourth-order valence-electron chi connectivity index (χ4n) is 1.79. The summed E-state index contributed by atoms with van der Waals surface area (Å²) < 4.78 is 37.9.